The van der Waals surface area contributed by atoms with Gasteiger partial charge in [-0.2, -0.15) is 8.78 Å². The van der Waals surface area contributed by atoms with Crippen molar-refractivity contribution < 1.29 is 22.3 Å². The molecule has 2 rings (SSSR count). The van der Waals surface area contributed by atoms with Gasteiger partial charge < -0.3 is 4.74 Å². The average Bonchev–Trinajstić information content (AvgIpc) is 2.41. The van der Waals surface area contributed by atoms with E-state index in [2.05, 4.69) is 20.7 Å². The Bertz CT molecular complexity index is 586. The van der Waals surface area contributed by atoms with Crippen molar-refractivity contribution in [1.82, 2.24) is 0 Å². The molecule has 0 saturated carbocycles. The van der Waals surface area contributed by atoms with Crippen molar-refractivity contribution >= 4 is 15.9 Å². The fraction of sp³-hybridized carbons (Fsp3) is 0.143. The van der Waals surface area contributed by atoms with E-state index in [9.17, 15) is 17.6 Å². The van der Waals surface area contributed by atoms with Gasteiger partial charge in [0.1, 0.15) is 5.75 Å². The Morgan fingerprint density at radius 3 is 2.00 bits per heavy atom. The normalized spacial score (nSPS) is 12.5. The van der Waals surface area contributed by atoms with Crippen LogP contribution in [-0.2, 0) is 0 Å². The van der Waals surface area contributed by atoms with E-state index in [0.717, 1.165) is 12.1 Å². The number of halogens is 5. The molecule has 1 unspecified atom stereocenters. The van der Waals surface area contributed by atoms with Crippen molar-refractivity contribution in [3.63, 3.8) is 0 Å². The summed E-state index contributed by atoms with van der Waals surface area (Å²) in [6, 6.07) is 9.47. The maximum absolute atomic E-state index is 13.2. The summed E-state index contributed by atoms with van der Waals surface area (Å²) in [6.07, 6.45) is 0. The first-order chi connectivity index (χ1) is 9.47. The summed E-state index contributed by atoms with van der Waals surface area (Å²) in [7, 11) is 0. The standard InChI is InChI=1S/C14H9BrF4O/c15-13(9-3-6-11(16)12(17)7-9)8-1-4-10(5-2-8)20-14(18)19/h1-7,13-14H. The second-order valence-corrected chi connectivity index (χ2v) is 4.90. The molecule has 0 radical (unpaired) electrons. The Labute approximate surface area is 121 Å². The quantitative estimate of drug-likeness (QED) is 0.554. The minimum atomic E-state index is -2.88. The molecule has 6 heteroatoms. The molecule has 0 aliphatic rings. The average molecular weight is 349 g/mol. The van der Waals surface area contributed by atoms with E-state index in [1.807, 2.05) is 0 Å². The summed E-state index contributed by atoms with van der Waals surface area (Å²) in [5.41, 5.74) is 1.23. The van der Waals surface area contributed by atoms with Gasteiger partial charge in [0.15, 0.2) is 11.6 Å². The molecule has 0 amide bonds. The highest BCUT2D eigenvalue weighted by atomic mass is 79.9. The van der Waals surface area contributed by atoms with Crippen molar-refractivity contribution in [2.24, 2.45) is 0 Å². The number of alkyl halides is 3. The van der Waals surface area contributed by atoms with Crippen LogP contribution in [0.1, 0.15) is 16.0 Å². The molecule has 0 heterocycles. The summed E-state index contributed by atoms with van der Waals surface area (Å²) >= 11 is 3.35. The van der Waals surface area contributed by atoms with Crippen LogP contribution in [0.4, 0.5) is 17.6 Å². The number of ether oxygens (including phenoxy) is 1. The van der Waals surface area contributed by atoms with Crippen LogP contribution in [0, 0.1) is 11.6 Å². The second kappa shape index (κ2) is 6.26. The van der Waals surface area contributed by atoms with Crippen LogP contribution >= 0.6 is 15.9 Å². The lowest BCUT2D eigenvalue weighted by Crippen LogP contribution is -2.02. The monoisotopic (exact) mass is 348 g/mol. The minimum absolute atomic E-state index is 0.0359. The van der Waals surface area contributed by atoms with E-state index < -0.39 is 18.2 Å². The van der Waals surface area contributed by atoms with Crippen LogP contribution in [-0.4, -0.2) is 6.61 Å². The Hall–Kier alpha value is -1.56. The van der Waals surface area contributed by atoms with Gasteiger partial charge in [-0.1, -0.05) is 34.1 Å². The molecule has 0 aliphatic heterocycles. The van der Waals surface area contributed by atoms with Crippen LogP contribution in [0.5, 0.6) is 5.75 Å². The molecule has 0 spiro atoms. The Morgan fingerprint density at radius 2 is 1.45 bits per heavy atom. The first-order valence-corrected chi connectivity index (χ1v) is 6.52. The van der Waals surface area contributed by atoms with Gasteiger partial charge in [0.2, 0.25) is 0 Å². The third-order valence-corrected chi connectivity index (χ3v) is 3.69. The highest BCUT2D eigenvalue weighted by Crippen LogP contribution is 2.32. The molecule has 1 nitrogen and oxygen atoms in total. The van der Waals surface area contributed by atoms with E-state index in [4.69, 9.17) is 0 Å². The van der Waals surface area contributed by atoms with Crippen molar-refractivity contribution in [2.75, 3.05) is 0 Å². The lowest BCUT2D eigenvalue weighted by atomic mass is 10.0. The Morgan fingerprint density at radius 1 is 0.850 bits per heavy atom. The van der Waals surface area contributed by atoms with Gasteiger partial charge in [-0.3, -0.25) is 0 Å². The lowest BCUT2D eigenvalue weighted by Gasteiger charge is -2.12. The van der Waals surface area contributed by atoms with E-state index >= 15 is 0 Å². The molecule has 2 aromatic carbocycles. The van der Waals surface area contributed by atoms with E-state index in [1.54, 1.807) is 12.1 Å². The Balaban J connectivity index is 2.20. The highest BCUT2D eigenvalue weighted by Gasteiger charge is 2.13. The van der Waals surface area contributed by atoms with E-state index in [1.165, 1.54) is 18.2 Å². The topological polar surface area (TPSA) is 9.23 Å². The maximum atomic E-state index is 13.2. The molecule has 20 heavy (non-hydrogen) atoms. The van der Waals surface area contributed by atoms with Gasteiger partial charge in [-0.05, 0) is 35.4 Å². The summed E-state index contributed by atoms with van der Waals surface area (Å²) in [5, 5.41) is 0. The van der Waals surface area contributed by atoms with Crippen molar-refractivity contribution in [3.05, 3.63) is 65.2 Å². The molecule has 1 atom stereocenters. The van der Waals surface area contributed by atoms with Gasteiger partial charge in [-0.15, -0.1) is 0 Å². The third-order valence-electron chi connectivity index (χ3n) is 2.63. The zero-order valence-electron chi connectivity index (χ0n) is 9.99. The summed E-state index contributed by atoms with van der Waals surface area (Å²) in [5.74, 6) is -1.83. The molecule has 0 N–H and O–H groups in total. The molecule has 0 bridgehead atoms. The summed E-state index contributed by atoms with van der Waals surface area (Å²) in [6.45, 7) is -2.88. The zero-order valence-corrected chi connectivity index (χ0v) is 11.6. The Kier molecular flexibility index (Phi) is 4.65. The molecule has 0 aromatic heterocycles. The van der Waals surface area contributed by atoms with Gasteiger partial charge in [0, 0.05) is 0 Å². The van der Waals surface area contributed by atoms with Gasteiger partial charge in [0.25, 0.3) is 0 Å². The number of benzene rings is 2. The van der Waals surface area contributed by atoms with Gasteiger partial charge in [-0.25, -0.2) is 8.78 Å². The van der Waals surface area contributed by atoms with Crippen LogP contribution in [0.15, 0.2) is 42.5 Å². The molecule has 106 valence electrons. The fourth-order valence-electron chi connectivity index (χ4n) is 1.68. The number of hydrogen-bond donors (Lipinski definition) is 0. The lowest BCUT2D eigenvalue weighted by molar-refractivity contribution is -0.0498. The third kappa shape index (κ3) is 3.50. The maximum Gasteiger partial charge on any atom is 0.387 e. The van der Waals surface area contributed by atoms with Crippen LogP contribution in [0.25, 0.3) is 0 Å². The van der Waals surface area contributed by atoms with Crippen LogP contribution < -0.4 is 4.74 Å². The number of hydrogen-bond acceptors (Lipinski definition) is 1. The predicted octanol–water partition coefficient (Wildman–Crippen LogP) is 5.05. The van der Waals surface area contributed by atoms with Crippen molar-refractivity contribution in [1.29, 1.82) is 0 Å². The molecule has 0 aliphatic carbocycles. The summed E-state index contributed by atoms with van der Waals surface area (Å²) in [4.78, 5) is -0.377. The zero-order chi connectivity index (χ0) is 14.7. The molecule has 0 saturated heterocycles. The molecule has 2 aromatic rings. The highest BCUT2D eigenvalue weighted by molar-refractivity contribution is 9.09. The molecular weight excluding hydrogens is 340 g/mol. The van der Waals surface area contributed by atoms with E-state index in [0.29, 0.717) is 11.1 Å². The van der Waals surface area contributed by atoms with Gasteiger partial charge in [0.05, 0.1) is 4.83 Å². The smallest absolute Gasteiger partial charge is 0.387 e. The van der Waals surface area contributed by atoms with Crippen molar-refractivity contribution in [2.45, 2.75) is 11.4 Å². The van der Waals surface area contributed by atoms with Crippen LogP contribution in [0.2, 0.25) is 0 Å². The molecular formula is C14H9BrF4O. The first kappa shape index (κ1) is 14.8. The van der Waals surface area contributed by atoms with Gasteiger partial charge >= 0.3 is 6.61 Å². The minimum Gasteiger partial charge on any atom is -0.435 e. The first-order valence-electron chi connectivity index (χ1n) is 5.61. The molecule has 0 fully saturated rings. The van der Waals surface area contributed by atoms with E-state index in [-0.39, 0.29) is 10.6 Å². The van der Waals surface area contributed by atoms with Crippen LogP contribution in [0.3, 0.4) is 0 Å². The summed E-state index contributed by atoms with van der Waals surface area (Å²) < 4.78 is 54.3. The number of rotatable bonds is 4. The fourth-order valence-corrected chi connectivity index (χ4v) is 2.27. The SMILES string of the molecule is Fc1ccc(C(Br)c2ccc(OC(F)F)cc2)cc1F. The van der Waals surface area contributed by atoms with Crippen molar-refractivity contribution in [3.8, 4) is 5.75 Å². The largest absolute Gasteiger partial charge is 0.435 e. The second-order valence-electron chi connectivity index (χ2n) is 3.98. The predicted molar refractivity (Wildman–Crippen MR) is 70.2 cm³/mol.